The van der Waals surface area contributed by atoms with Gasteiger partial charge in [0, 0.05) is 24.2 Å². The van der Waals surface area contributed by atoms with Gasteiger partial charge >= 0.3 is 6.18 Å². The molecule has 0 fully saturated rings. The highest BCUT2D eigenvalue weighted by Crippen LogP contribution is 2.33. The summed E-state index contributed by atoms with van der Waals surface area (Å²) < 4.78 is 38.6. The first kappa shape index (κ1) is 21.4. The van der Waals surface area contributed by atoms with E-state index in [4.69, 9.17) is 5.73 Å². The maximum absolute atomic E-state index is 12.9. The molecule has 3 N–H and O–H groups in total. The quantitative estimate of drug-likeness (QED) is 0.437. The summed E-state index contributed by atoms with van der Waals surface area (Å²) in [6.07, 6.45) is -3.81. The molecule has 4 nitrogen and oxygen atoms in total. The molecule has 0 aliphatic rings. The molecule has 0 aliphatic heterocycles. The molecule has 1 amide bonds. The number of nitrogen functional groups attached to an aromatic ring is 1. The number of aromatic nitrogens is 1. The van der Waals surface area contributed by atoms with Crippen molar-refractivity contribution in [2.45, 2.75) is 12.6 Å². The van der Waals surface area contributed by atoms with Crippen LogP contribution < -0.4 is 11.1 Å². The van der Waals surface area contributed by atoms with Gasteiger partial charge in [0.1, 0.15) is 5.82 Å². The van der Waals surface area contributed by atoms with Crippen LogP contribution in [0.25, 0.3) is 21.9 Å². The van der Waals surface area contributed by atoms with Crippen LogP contribution in [0.4, 0.5) is 19.0 Å². The van der Waals surface area contributed by atoms with Gasteiger partial charge in [-0.2, -0.15) is 13.2 Å². The van der Waals surface area contributed by atoms with Crippen molar-refractivity contribution >= 4 is 22.5 Å². The largest absolute Gasteiger partial charge is 0.416 e. The van der Waals surface area contributed by atoms with E-state index in [1.165, 1.54) is 12.1 Å². The van der Waals surface area contributed by atoms with Crippen LogP contribution in [0.15, 0.2) is 78.9 Å². The van der Waals surface area contributed by atoms with Crippen LogP contribution in [0.2, 0.25) is 0 Å². The van der Waals surface area contributed by atoms with Gasteiger partial charge in [-0.15, -0.1) is 0 Å². The van der Waals surface area contributed by atoms with Gasteiger partial charge in [0.2, 0.25) is 0 Å². The Bertz CT molecular complexity index is 1270. The number of fused-ring (bicyclic) bond motifs is 1. The highest BCUT2D eigenvalue weighted by molar-refractivity contribution is 6.02. The summed E-state index contributed by atoms with van der Waals surface area (Å²) in [4.78, 5) is 16.8. The van der Waals surface area contributed by atoms with E-state index in [1.807, 2.05) is 36.4 Å². The van der Waals surface area contributed by atoms with Crippen molar-refractivity contribution in [2.24, 2.45) is 0 Å². The van der Waals surface area contributed by atoms with Crippen molar-refractivity contribution < 1.29 is 18.0 Å². The van der Waals surface area contributed by atoms with Crippen LogP contribution >= 0.6 is 0 Å². The topological polar surface area (TPSA) is 68.0 Å². The lowest BCUT2D eigenvalue weighted by Crippen LogP contribution is -2.25. The number of hydrogen-bond acceptors (Lipinski definition) is 3. The smallest absolute Gasteiger partial charge is 0.384 e. The SMILES string of the molecule is Nc1cccc(CCNC(=O)c2ccc3c(-c4ccc(C(F)(F)F)cc4)cccc3c2)n1. The van der Waals surface area contributed by atoms with Crippen molar-refractivity contribution in [1.82, 2.24) is 10.3 Å². The lowest BCUT2D eigenvalue weighted by molar-refractivity contribution is -0.137. The number of pyridine rings is 1. The van der Waals surface area contributed by atoms with E-state index in [2.05, 4.69) is 10.3 Å². The molecule has 0 unspecified atom stereocenters. The molecule has 7 heteroatoms. The maximum atomic E-state index is 12.9. The summed E-state index contributed by atoms with van der Waals surface area (Å²) >= 11 is 0. The van der Waals surface area contributed by atoms with Crippen LogP contribution in [0.3, 0.4) is 0 Å². The number of amides is 1. The van der Waals surface area contributed by atoms with Crippen LogP contribution in [0.1, 0.15) is 21.6 Å². The number of hydrogen-bond donors (Lipinski definition) is 2. The summed E-state index contributed by atoms with van der Waals surface area (Å²) in [6, 6.07) is 21.3. The summed E-state index contributed by atoms with van der Waals surface area (Å²) in [6.45, 7) is 0.416. The fourth-order valence-electron chi connectivity index (χ4n) is 3.56. The first-order chi connectivity index (χ1) is 15.3. The Morgan fingerprint density at radius 3 is 2.41 bits per heavy atom. The highest BCUT2D eigenvalue weighted by atomic mass is 19.4. The summed E-state index contributed by atoms with van der Waals surface area (Å²) in [5.74, 6) is 0.225. The standard InChI is InChI=1S/C25H20F3N3O/c26-25(27,28)19-10-7-16(8-11-19)21-5-1-3-17-15-18(9-12-22(17)21)24(32)30-14-13-20-4-2-6-23(29)31-20/h1-12,15H,13-14H2,(H2,29,31)(H,30,32). The second kappa shape index (κ2) is 8.70. The van der Waals surface area contributed by atoms with Crippen LogP contribution in [-0.2, 0) is 12.6 Å². The molecule has 0 radical (unpaired) electrons. The third-order valence-electron chi connectivity index (χ3n) is 5.16. The summed E-state index contributed by atoms with van der Waals surface area (Å²) in [5, 5.41) is 4.55. The number of benzene rings is 3. The van der Waals surface area contributed by atoms with E-state index in [1.54, 1.807) is 18.2 Å². The van der Waals surface area contributed by atoms with Crippen LogP contribution in [0.5, 0.6) is 0 Å². The fraction of sp³-hybridized carbons (Fsp3) is 0.120. The number of carbonyl (C=O) groups is 1. The number of halogens is 3. The third-order valence-corrected chi connectivity index (χ3v) is 5.16. The first-order valence-electron chi connectivity index (χ1n) is 10.0. The van der Waals surface area contributed by atoms with Crippen molar-refractivity contribution in [1.29, 1.82) is 0 Å². The molecular formula is C25H20F3N3O. The van der Waals surface area contributed by atoms with Gasteiger partial charge in [0.25, 0.3) is 5.91 Å². The third kappa shape index (κ3) is 4.72. The monoisotopic (exact) mass is 435 g/mol. The minimum absolute atomic E-state index is 0.212. The molecule has 3 aromatic carbocycles. The molecule has 32 heavy (non-hydrogen) atoms. The Balaban J connectivity index is 1.51. The van der Waals surface area contributed by atoms with Gasteiger partial charge < -0.3 is 11.1 Å². The van der Waals surface area contributed by atoms with E-state index in [-0.39, 0.29) is 5.91 Å². The molecule has 0 saturated heterocycles. The van der Waals surface area contributed by atoms with Crippen LogP contribution in [-0.4, -0.2) is 17.4 Å². The van der Waals surface area contributed by atoms with Gasteiger partial charge in [0.15, 0.2) is 0 Å². The molecule has 1 aromatic heterocycles. The van der Waals surface area contributed by atoms with Gasteiger partial charge in [-0.25, -0.2) is 4.98 Å². The predicted molar refractivity (Wildman–Crippen MR) is 119 cm³/mol. The van der Waals surface area contributed by atoms with Gasteiger partial charge in [-0.3, -0.25) is 4.79 Å². The molecule has 0 saturated carbocycles. The zero-order valence-electron chi connectivity index (χ0n) is 17.0. The maximum Gasteiger partial charge on any atom is 0.416 e. The van der Waals surface area contributed by atoms with E-state index in [0.29, 0.717) is 29.9 Å². The number of nitrogens with zero attached hydrogens (tertiary/aromatic N) is 1. The molecule has 0 atom stereocenters. The van der Waals surface area contributed by atoms with E-state index in [9.17, 15) is 18.0 Å². The molecule has 0 bridgehead atoms. The molecule has 4 aromatic rings. The van der Waals surface area contributed by atoms with Crippen molar-refractivity contribution in [3.63, 3.8) is 0 Å². The number of carbonyl (C=O) groups excluding carboxylic acids is 1. The molecule has 1 heterocycles. The van der Waals surface area contributed by atoms with E-state index >= 15 is 0 Å². The van der Waals surface area contributed by atoms with E-state index in [0.717, 1.165) is 34.2 Å². The number of nitrogens with two attached hydrogens (primary N) is 1. The zero-order chi connectivity index (χ0) is 22.7. The Labute approximate surface area is 182 Å². The second-order valence-electron chi connectivity index (χ2n) is 7.38. The number of alkyl halides is 3. The highest BCUT2D eigenvalue weighted by Gasteiger charge is 2.30. The number of rotatable bonds is 5. The second-order valence-corrected chi connectivity index (χ2v) is 7.38. The van der Waals surface area contributed by atoms with Crippen molar-refractivity contribution in [3.8, 4) is 11.1 Å². The molecule has 4 rings (SSSR count). The zero-order valence-corrected chi connectivity index (χ0v) is 17.0. The molecular weight excluding hydrogens is 415 g/mol. The van der Waals surface area contributed by atoms with Crippen molar-refractivity contribution in [3.05, 3.63) is 95.7 Å². The predicted octanol–water partition coefficient (Wildman–Crippen LogP) is 5.48. The minimum atomic E-state index is -4.37. The number of anilines is 1. The van der Waals surface area contributed by atoms with Gasteiger partial charge in [-0.1, -0.05) is 42.5 Å². The fourth-order valence-corrected chi connectivity index (χ4v) is 3.56. The summed E-state index contributed by atoms with van der Waals surface area (Å²) in [5.41, 5.74) is 7.76. The van der Waals surface area contributed by atoms with Gasteiger partial charge in [-0.05, 0) is 58.3 Å². The van der Waals surface area contributed by atoms with Gasteiger partial charge in [0.05, 0.1) is 5.56 Å². The Morgan fingerprint density at radius 2 is 1.69 bits per heavy atom. The van der Waals surface area contributed by atoms with Crippen LogP contribution in [0, 0.1) is 0 Å². The molecule has 0 spiro atoms. The lowest BCUT2D eigenvalue weighted by Gasteiger charge is -2.11. The normalized spacial score (nSPS) is 11.5. The van der Waals surface area contributed by atoms with E-state index < -0.39 is 11.7 Å². The van der Waals surface area contributed by atoms with Crippen molar-refractivity contribution in [2.75, 3.05) is 12.3 Å². The first-order valence-corrected chi connectivity index (χ1v) is 10.0. The Hall–Kier alpha value is -3.87. The minimum Gasteiger partial charge on any atom is -0.384 e. The Kier molecular flexibility index (Phi) is 5.81. The average Bonchev–Trinajstić information content (AvgIpc) is 2.78. The number of nitrogens with one attached hydrogen (secondary N) is 1. The average molecular weight is 435 g/mol. The summed E-state index contributed by atoms with van der Waals surface area (Å²) in [7, 11) is 0. The molecule has 0 aliphatic carbocycles. The molecule has 162 valence electrons. The Morgan fingerprint density at radius 1 is 0.938 bits per heavy atom. The lowest BCUT2D eigenvalue weighted by atomic mass is 9.96.